The summed E-state index contributed by atoms with van der Waals surface area (Å²) in [6, 6.07) is 0. The van der Waals surface area contributed by atoms with Gasteiger partial charge in [0.05, 0.1) is 6.61 Å². The van der Waals surface area contributed by atoms with Crippen molar-refractivity contribution >= 4 is 5.91 Å². The van der Waals surface area contributed by atoms with Gasteiger partial charge in [-0.2, -0.15) is 0 Å². The average molecular weight is 227 g/mol. The van der Waals surface area contributed by atoms with Gasteiger partial charge in [-0.1, -0.05) is 31.9 Å². The molecule has 94 valence electrons. The largest absolute Gasteiger partial charge is 0.395 e. The summed E-state index contributed by atoms with van der Waals surface area (Å²) in [5, 5.41) is 11.1. The van der Waals surface area contributed by atoms with Crippen molar-refractivity contribution in [2.75, 3.05) is 13.2 Å². The molecule has 0 aromatic rings. The van der Waals surface area contributed by atoms with E-state index in [0.717, 1.165) is 19.3 Å². The minimum Gasteiger partial charge on any atom is -0.395 e. The maximum absolute atomic E-state index is 11.1. The van der Waals surface area contributed by atoms with Crippen molar-refractivity contribution in [2.45, 2.75) is 51.9 Å². The van der Waals surface area contributed by atoms with Crippen molar-refractivity contribution in [1.29, 1.82) is 0 Å². The number of aliphatic hydroxyl groups excluding tert-OH is 1. The van der Waals surface area contributed by atoms with Gasteiger partial charge in [0, 0.05) is 13.0 Å². The molecule has 2 N–H and O–H groups in total. The maximum atomic E-state index is 11.1. The Morgan fingerprint density at radius 3 is 2.50 bits per heavy atom. The lowest BCUT2D eigenvalue weighted by Gasteiger charge is -2.01. The quantitative estimate of drug-likeness (QED) is 0.445. The van der Waals surface area contributed by atoms with E-state index in [1.807, 2.05) is 0 Å². The van der Waals surface area contributed by atoms with E-state index in [9.17, 15) is 4.79 Å². The second-order valence-corrected chi connectivity index (χ2v) is 3.93. The van der Waals surface area contributed by atoms with E-state index < -0.39 is 0 Å². The maximum Gasteiger partial charge on any atom is 0.220 e. The van der Waals surface area contributed by atoms with E-state index >= 15 is 0 Å². The highest BCUT2D eigenvalue weighted by Gasteiger charge is 1.97. The molecule has 0 aliphatic heterocycles. The predicted octanol–water partition coefficient (Wildman–Crippen LogP) is 2.40. The lowest BCUT2D eigenvalue weighted by molar-refractivity contribution is -0.121. The van der Waals surface area contributed by atoms with Crippen LogP contribution in [0.25, 0.3) is 0 Å². The summed E-state index contributed by atoms with van der Waals surface area (Å²) in [7, 11) is 0. The van der Waals surface area contributed by atoms with Gasteiger partial charge in [0.2, 0.25) is 5.91 Å². The number of hydrogen-bond donors (Lipinski definition) is 2. The SMILES string of the molecule is CCCCC/C=C/CCCC(=O)NCCO. The monoisotopic (exact) mass is 227 g/mol. The van der Waals surface area contributed by atoms with Gasteiger partial charge in [-0.3, -0.25) is 4.79 Å². The molecule has 16 heavy (non-hydrogen) atoms. The highest BCUT2D eigenvalue weighted by molar-refractivity contribution is 5.75. The van der Waals surface area contributed by atoms with Gasteiger partial charge in [-0.15, -0.1) is 0 Å². The summed E-state index contributed by atoms with van der Waals surface area (Å²) in [6.45, 7) is 2.59. The van der Waals surface area contributed by atoms with Gasteiger partial charge in [0.1, 0.15) is 0 Å². The number of allylic oxidation sites excluding steroid dienone is 2. The summed E-state index contributed by atoms with van der Waals surface area (Å²) < 4.78 is 0. The van der Waals surface area contributed by atoms with E-state index in [-0.39, 0.29) is 12.5 Å². The fourth-order valence-corrected chi connectivity index (χ4v) is 1.41. The zero-order chi connectivity index (χ0) is 12.1. The Hall–Kier alpha value is -0.830. The van der Waals surface area contributed by atoms with Crippen LogP contribution < -0.4 is 5.32 Å². The van der Waals surface area contributed by atoms with Crippen molar-refractivity contribution in [1.82, 2.24) is 5.32 Å². The highest BCUT2D eigenvalue weighted by Crippen LogP contribution is 2.02. The van der Waals surface area contributed by atoms with Crippen molar-refractivity contribution in [3.05, 3.63) is 12.2 Å². The van der Waals surface area contributed by atoms with Gasteiger partial charge in [0.25, 0.3) is 0 Å². The summed E-state index contributed by atoms with van der Waals surface area (Å²) in [6.07, 6.45) is 11.8. The van der Waals surface area contributed by atoms with Crippen LogP contribution >= 0.6 is 0 Å². The smallest absolute Gasteiger partial charge is 0.220 e. The van der Waals surface area contributed by atoms with E-state index in [2.05, 4.69) is 24.4 Å². The van der Waals surface area contributed by atoms with Gasteiger partial charge in [-0.05, 0) is 25.7 Å². The van der Waals surface area contributed by atoms with Crippen molar-refractivity contribution in [3.63, 3.8) is 0 Å². The summed E-state index contributed by atoms with van der Waals surface area (Å²) in [5.41, 5.74) is 0. The Kier molecular flexibility index (Phi) is 11.6. The molecule has 0 bridgehead atoms. The molecule has 3 nitrogen and oxygen atoms in total. The second-order valence-electron chi connectivity index (χ2n) is 3.93. The molecule has 0 fully saturated rings. The van der Waals surface area contributed by atoms with Crippen LogP contribution in [0.5, 0.6) is 0 Å². The molecule has 0 heterocycles. The first kappa shape index (κ1) is 15.2. The topological polar surface area (TPSA) is 49.3 Å². The molecular formula is C13H25NO2. The standard InChI is InChI=1S/C13H25NO2/c1-2-3-4-5-6-7-8-9-10-13(16)14-11-12-15/h6-7,15H,2-5,8-12H2,1H3,(H,14,16)/b7-6+. The zero-order valence-electron chi connectivity index (χ0n) is 10.4. The number of rotatable bonds is 10. The first-order valence-corrected chi connectivity index (χ1v) is 6.33. The molecule has 0 aliphatic carbocycles. The van der Waals surface area contributed by atoms with Crippen LogP contribution in [0.4, 0.5) is 0 Å². The summed E-state index contributed by atoms with van der Waals surface area (Å²) >= 11 is 0. The van der Waals surface area contributed by atoms with Crippen LogP contribution in [0, 0.1) is 0 Å². The molecule has 1 amide bonds. The number of nitrogens with one attached hydrogen (secondary N) is 1. The fraction of sp³-hybridized carbons (Fsp3) is 0.769. The number of carbonyl (C=O) groups excluding carboxylic acids is 1. The number of hydrogen-bond acceptors (Lipinski definition) is 2. The summed E-state index contributed by atoms with van der Waals surface area (Å²) in [5.74, 6) is 0.0356. The molecule has 0 aromatic carbocycles. The van der Waals surface area contributed by atoms with Crippen LogP contribution in [-0.2, 0) is 4.79 Å². The van der Waals surface area contributed by atoms with Gasteiger partial charge >= 0.3 is 0 Å². The van der Waals surface area contributed by atoms with E-state index in [0.29, 0.717) is 13.0 Å². The Labute approximate surface area is 98.9 Å². The van der Waals surface area contributed by atoms with Gasteiger partial charge in [0.15, 0.2) is 0 Å². The molecule has 0 radical (unpaired) electrons. The number of unbranched alkanes of at least 4 members (excludes halogenated alkanes) is 4. The number of aliphatic hydroxyl groups is 1. The first-order valence-electron chi connectivity index (χ1n) is 6.33. The molecule has 0 spiro atoms. The average Bonchev–Trinajstić information content (AvgIpc) is 2.30. The molecule has 0 unspecified atom stereocenters. The van der Waals surface area contributed by atoms with Crippen LogP contribution in [-0.4, -0.2) is 24.2 Å². The zero-order valence-corrected chi connectivity index (χ0v) is 10.4. The third kappa shape index (κ3) is 11.2. The molecule has 0 saturated carbocycles. The van der Waals surface area contributed by atoms with E-state index in [1.165, 1.54) is 19.3 Å². The number of carbonyl (C=O) groups is 1. The lowest BCUT2D eigenvalue weighted by atomic mass is 10.1. The Bertz CT molecular complexity index is 190. The molecule has 0 atom stereocenters. The lowest BCUT2D eigenvalue weighted by Crippen LogP contribution is -2.25. The first-order chi connectivity index (χ1) is 7.81. The summed E-state index contributed by atoms with van der Waals surface area (Å²) in [4.78, 5) is 11.1. The molecular weight excluding hydrogens is 202 g/mol. The highest BCUT2D eigenvalue weighted by atomic mass is 16.3. The number of amides is 1. The third-order valence-electron chi connectivity index (χ3n) is 2.35. The van der Waals surface area contributed by atoms with Gasteiger partial charge < -0.3 is 10.4 Å². The van der Waals surface area contributed by atoms with Crippen LogP contribution in [0.2, 0.25) is 0 Å². The predicted molar refractivity (Wildman–Crippen MR) is 67.2 cm³/mol. The molecule has 3 heteroatoms. The molecule has 0 saturated heterocycles. The van der Waals surface area contributed by atoms with Crippen LogP contribution in [0.1, 0.15) is 51.9 Å². The van der Waals surface area contributed by atoms with E-state index in [4.69, 9.17) is 5.11 Å². The molecule has 0 aromatic heterocycles. The molecule has 0 aliphatic rings. The third-order valence-corrected chi connectivity index (χ3v) is 2.35. The Morgan fingerprint density at radius 2 is 1.88 bits per heavy atom. The van der Waals surface area contributed by atoms with Gasteiger partial charge in [-0.25, -0.2) is 0 Å². The van der Waals surface area contributed by atoms with Crippen LogP contribution in [0.15, 0.2) is 12.2 Å². The second kappa shape index (κ2) is 12.2. The van der Waals surface area contributed by atoms with Crippen molar-refractivity contribution < 1.29 is 9.90 Å². The Morgan fingerprint density at radius 1 is 1.19 bits per heavy atom. The van der Waals surface area contributed by atoms with Crippen LogP contribution in [0.3, 0.4) is 0 Å². The fourth-order valence-electron chi connectivity index (χ4n) is 1.41. The van der Waals surface area contributed by atoms with E-state index in [1.54, 1.807) is 0 Å². The minimum atomic E-state index is 0.0169. The normalized spacial score (nSPS) is 10.9. The Balaban J connectivity index is 3.22. The molecule has 0 rings (SSSR count). The van der Waals surface area contributed by atoms with Crippen molar-refractivity contribution in [2.24, 2.45) is 0 Å². The minimum absolute atomic E-state index is 0.0169. The van der Waals surface area contributed by atoms with Crippen molar-refractivity contribution in [3.8, 4) is 0 Å².